The fourth-order valence-corrected chi connectivity index (χ4v) is 4.26. The van der Waals surface area contributed by atoms with Gasteiger partial charge in [-0.2, -0.15) is 0 Å². The molecule has 2 aromatic heterocycles. The number of nitrogens with one attached hydrogen (secondary N) is 1. The highest BCUT2D eigenvalue weighted by Gasteiger charge is 2.16. The molecule has 22 heavy (non-hydrogen) atoms. The number of benzene rings is 1. The molecule has 0 spiro atoms. The van der Waals surface area contributed by atoms with Gasteiger partial charge in [-0.15, -0.1) is 0 Å². The molecule has 1 N–H and O–H groups in total. The van der Waals surface area contributed by atoms with Crippen molar-refractivity contribution in [3.05, 3.63) is 52.0 Å². The van der Waals surface area contributed by atoms with E-state index in [0.29, 0.717) is 17.0 Å². The molecule has 8 heteroatoms. The summed E-state index contributed by atoms with van der Waals surface area (Å²) in [6.45, 7) is 2.52. The second kappa shape index (κ2) is 5.71. The standard InChI is InChI=1S/C14H14N2O4S2/c1-2-16-12-6-5-11(8-13(12)21-14(16)17)22(18,19)15-9-10-4-3-7-20-10/h3-8,15H,2,9H2,1H3. The summed E-state index contributed by atoms with van der Waals surface area (Å²) >= 11 is 1.05. The molecule has 0 radical (unpaired) electrons. The molecular weight excluding hydrogens is 324 g/mol. The van der Waals surface area contributed by atoms with Crippen LogP contribution in [0.4, 0.5) is 0 Å². The van der Waals surface area contributed by atoms with E-state index >= 15 is 0 Å². The largest absolute Gasteiger partial charge is 0.468 e. The predicted octanol–water partition coefficient (Wildman–Crippen LogP) is 2.15. The fourth-order valence-electron chi connectivity index (χ4n) is 2.18. The number of furan rings is 1. The van der Waals surface area contributed by atoms with Gasteiger partial charge >= 0.3 is 4.87 Å². The molecule has 0 aliphatic heterocycles. The zero-order valence-electron chi connectivity index (χ0n) is 11.8. The third kappa shape index (κ3) is 2.72. The minimum atomic E-state index is -3.65. The Bertz CT molecular complexity index is 953. The van der Waals surface area contributed by atoms with Crippen molar-refractivity contribution in [1.82, 2.24) is 9.29 Å². The summed E-state index contributed by atoms with van der Waals surface area (Å²) in [5.74, 6) is 0.534. The van der Waals surface area contributed by atoms with Gasteiger partial charge in [-0.05, 0) is 37.3 Å². The van der Waals surface area contributed by atoms with Crippen LogP contribution in [0.2, 0.25) is 0 Å². The van der Waals surface area contributed by atoms with E-state index in [-0.39, 0.29) is 16.3 Å². The maximum absolute atomic E-state index is 12.3. The Labute approximate surface area is 131 Å². The van der Waals surface area contributed by atoms with Gasteiger partial charge in [0, 0.05) is 6.54 Å². The van der Waals surface area contributed by atoms with E-state index in [1.54, 1.807) is 22.8 Å². The summed E-state index contributed by atoms with van der Waals surface area (Å²) < 4.78 is 34.5. The molecule has 3 aromatic rings. The van der Waals surface area contributed by atoms with Crippen LogP contribution in [-0.4, -0.2) is 13.0 Å². The summed E-state index contributed by atoms with van der Waals surface area (Å²) in [5.41, 5.74) is 0.752. The van der Waals surface area contributed by atoms with E-state index in [1.807, 2.05) is 6.92 Å². The Kier molecular flexibility index (Phi) is 3.90. The Balaban J connectivity index is 1.93. The number of hydrogen-bond donors (Lipinski definition) is 1. The van der Waals surface area contributed by atoms with Crippen molar-refractivity contribution in [1.29, 1.82) is 0 Å². The summed E-state index contributed by atoms with van der Waals surface area (Å²) in [5, 5.41) is 0. The lowest BCUT2D eigenvalue weighted by Gasteiger charge is -2.06. The highest BCUT2D eigenvalue weighted by molar-refractivity contribution is 7.89. The van der Waals surface area contributed by atoms with Crippen molar-refractivity contribution < 1.29 is 12.8 Å². The lowest BCUT2D eigenvalue weighted by atomic mass is 10.3. The molecule has 0 fully saturated rings. The normalized spacial score (nSPS) is 12.0. The molecule has 0 aliphatic carbocycles. The Morgan fingerprint density at radius 1 is 1.32 bits per heavy atom. The van der Waals surface area contributed by atoms with Gasteiger partial charge in [0.15, 0.2) is 0 Å². The second-order valence-corrected chi connectivity index (χ2v) is 7.41. The third-order valence-corrected chi connectivity index (χ3v) is 5.62. The molecule has 2 heterocycles. The van der Waals surface area contributed by atoms with Gasteiger partial charge in [0.05, 0.1) is 27.9 Å². The zero-order valence-corrected chi connectivity index (χ0v) is 13.4. The smallest absolute Gasteiger partial charge is 0.308 e. The molecule has 6 nitrogen and oxygen atoms in total. The minimum Gasteiger partial charge on any atom is -0.468 e. The van der Waals surface area contributed by atoms with Crippen LogP contribution in [0.15, 0.2) is 50.7 Å². The summed E-state index contributed by atoms with van der Waals surface area (Å²) in [4.78, 5) is 11.9. The molecule has 0 aliphatic rings. The van der Waals surface area contributed by atoms with Crippen molar-refractivity contribution in [2.45, 2.75) is 24.9 Å². The van der Waals surface area contributed by atoms with Crippen LogP contribution in [-0.2, 0) is 23.1 Å². The second-order valence-electron chi connectivity index (χ2n) is 4.65. The van der Waals surface area contributed by atoms with Gasteiger partial charge in [-0.25, -0.2) is 13.1 Å². The molecule has 0 atom stereocenters. The van der Waals surface area contributed by atoms with E-state index in [1.165, 1.54) is 18.4 Å². The Morgan fingerprint density at radius 3 is 2.82 bits per heavy atom. The van der Waals surface area contributed by atoms with Crippen LogP contribution in [0.25, 0.3) is 10.2 Å². The zero-order chi connectivity index (χ0) is 15.7. The van der Waals surface area contributed by atoms with E-state index in [9.17, 15) is 13.2 Å². The average molecular weight is 338 g/mol. The molecule has 116 valence electrons. The maximum Gasteiger partial charge on any atom is 0.308 e. The number of hydrogen-bond acceptors (Lipinski definition) is 5. The molecule has 0 bridgehead atoms. The number of sulfonamides is 1. The predicted molar refractivity (Wildman–Crippen MR) is 84.5 cm³/mol. The Hall–Kier alpha value is -1.90. The van der Waals surface area contributed by atoms with Crippen molar-refractivity contribution >= 4 is 31.6 Å². The topological polar surface area (TPSA) is 81.3 Å². The monoisotopic (exact) mass is 338 g/mol. The molecule has 0 unspecified atom stereocenters. The highest BCUT2D eigenvalue weighted by atomic mass is 32.2. The number of aryl methyl sites for hydroxylation is 1. The third-order valence-electron chi connectivity index (χ3n) is 3.28. The maximum atomic E-state index is 12.3. The lowest BCUT2D eigenvalue weighted by Crippen LogP contribution is -2.22. The minimum absolute atomic E-state index is 0.0829. The summed E-state index contributed by atoms with van der Waals surface area (Å²) in [6.07, 6.45) is 1.49. The van der Waals surface area contributed by atoms with Crippen LogP contribution in [0.1, 0.15) is 12.7 Å². The van der Waals surface area contributed by atoms with E-state index in [4.69, 9.17) is 4.42 Å². The van der Waals surface area contributed by atoms with Crippen molar-refractivity contribution in [3.8, 4) is 0 Å². The lowest BCUT2D eigenvalue weighted by molar-refractivity contribution is 0.498. The first kappa shape index (κ1) is 15.0. The van der Waals surface area contributed by atoms with Crippen LogP contribution < -0.4 is 9.60 Å². The molecule has 0 saturated heterocycles. The number of nitrogens with zero attached hydrogens (tertiary/aromatic N) is 1. The van der Waals surface area contributed by atoms with Gasteiger partial charge in [-0.3, -0.25) is 9.36 Å². The van der Waals surface area contributed by atoms with Crippen molar-refractivity contribution in [2.75, 3.05) is 0 Å². The van der Waals surface area contributed by atoms with E-state index < -0.39 is 10.0 Å². The highest BCUT2D eigenvalue weighted by Crippen LogP contribution is 2.21. The summed E-state index contributed by atoms with van der Waals surface area (Å²) in [7, 11) is -3.65. The Morgan fingerprint density at radius 2 is 2.14 bits per heavy atom. The van der Waals surface area contributed by atoms with Crippen molar-refractivity contribution in [3.63, 3.8) is 0 Å². The van der Waals surface area contributed by atoms with E-state index in [2.05, 4.69) is 4.72 Å². The van der Waals surface area contributed by atoms with Crippen LogP contribution >= 0.6 is 11.3 Å². The summed E-state index contributed by atoms with van der Waals surface area (Å²) in [6, 6.07) is 8.08. The first-order valence-corrected chi connectivity index (χ1v) is 8.96. The fraction of sp³-hybridized carbons (Fsp3) is 0.214. The first-order valence-electron chi connectivity index (χ1n) is 6.66. The molecule has 0 amide bonds. The number of rotatable bonds is 5. The van der Waals surface area contributed by atoms with Gasteiger partial charge in [-0.1, -0.05) is 11.3 Å². The van der Waals surface area contributed by atoms with Gasteiger partial charge in [0.2, 0.25) is 10.0 Å². The molecule has 0 saturated carbocycles. The van der Waals surface area contributed by atoms with Crippen molar-refractivity contribution in [2.24, 2.45) is 0 Å². The SMILES string of the molecule is CCn1c(=O)sc2cc(S(=O)(=O)NCc3ccco3)ccc21. The molecule has 3 rings (SSSR count). The molecule has 1 aromatic carbocycles. The number of aromatic nitrogens is 1. The average Bonchev–Trinajstić information content (AvgIpc) is 3.10. The van der Waals surface area contributed by atoms with E-state index in [0.717, 1.165) is 16.9 Å². The van der Waals surface area contributed by atoms with Crippen LogP contribution in [0.3, 0.4) is 0 Å². The van der Waals surface area contributed by atoms with Gasteiger partial charge < -0.3 is 4.42 Å². The quantitative estimate of drug-likeness (QED) is 0.773. The van der Waals surface area contributed by atoms with Crippen LogP contribution in [0, 0.1) is 0 Å². The number of fused-ring (bicyclic) bond motifs is 1. The van der Waals surface area contributed by atoms with Crippen LogP contribution in [0.5, 0.6) is 0 Å². The first-order chi connectivity index (χ1) is 10.5. The molecular formula is C14H14N2O4S2. The van der Waals surface area contributed by atoms with Gasteiger partial charge in [0.1, 0.15) is 5.76 Å². The number of thiazole rings is 1. The van der Waals surface area contributed by atoms with Gasteiger partial charge in [0.25, 0.3) is 0 Å².